The standard InChI is InChI=1S/C19H33NO7Si/c1-10-26-18(24)16(22)20-14(11(2)17(23)25-7)13(15(20)21)12(3)27-28(8,9)19(4,5)6/h11-14H,10H2,1-9H3/t11-,12-,13-,14-/m1/s1. The summed E-state index contributed by atoms with van der Waals surface area (Å²) < 4.78 is 15.8. The summed E-state index contributed by atoms with van der Waals surface area (Å²) in [4.78, 5) is 50.0. The van der Waals surface area contributed by atoms with E-state index in [2.05, 4.69) is 33.9 Å². The van der Waals surface area contributed by atoms with Crippen LogP contribution in [0.5, 0.6) is 0 Å². The lowest BCUT2D eigenvalue weighted by Gasteiger charge is -2.51. The molecule has 0 spiro atoms. The Kier molecular flexibility index (Phi) is 7.58. The molecular weight excluding hydrogens is 382 g/mol. The molecule has 160 valence electrons. The first kappa shape index (κ1) is 24.3. The van der Waals surface area contributed by atoms with Crippen LogP contribution in [0.15, 0.2) is 0 Å². The van der Waals surface area contributed by atoms with E-state index in [0.717, 1.165) is 4.90 Å². The van der Waals surface area contributed by atoms with Gasteiger partial charge in [-0.2, -0.15) is 0 Å². The monoisotopic (exact) mass is 415 g/mol. The number of likely N-dealkylation sites (tertiary alicyclic amines) is 1. The van der Waals surface area contributed by atoms with Crippen molar-refractivity contribution in [2.75, 3.05) is 13.7 Å². The summed E-state index contributed by atoms with van der Waals surface area (Å²) in [5.41, 5.74) is 0. The van der Waals surface area contributed by atoms with Crippen LogP contribution in [0.3, 0.4) is 0 Å². The SMILES string of the molecule is CCOC(=O)C(=O)N1C(=O)[C@H]([C@@H](C)O[Si](C)(C)C(C)(C)C)[C@H]1[C@@H](C)C(=O)OC. The number of hydrogen-bond donors (Lipinski definition) is 0. The number of amides is 2. The molecule has 1 saturated heterocycles. The molecule has 0 aromatic rings. The second kappa shape index (κ2) is 8.73. The largest absolute Gasteiger partial charge is 0.469 e. The summed E-state index contributed by atoms with van der Waals surface area (Å²) >= 11 is 0. The molecule has 9 heteroatoms. The number of nitrogens with zero attached hydrogens (tertiary/aromatic N) is 1. The van der Waals surface area contributed by atoms with E-state index in [1.165, 1.54) is 7.11 Å². The fourth-order valence-electron chi connectivity index (χ4n) is 3.11. The van der Waals surface area contributed by atoms with Crippen molar-refractivity contribution in [1.82, 2.24) is 4.90 Å². The first-order valence-corrected chi connectivity index (χ1v) is 12.4. The maximum absolute atomic E-state index is 12.8. The Bertz CT molecular complexity index is 641. The van der Waals surface area contributed by atoms with E-state index in [-0.39, 0.29) is 11.6 Å². The van der Waals surface area contributed by atoms with Crippen molar-refractivity contribution < 1.29 is 33.1 Å². The van der Waals surface area contributed by atoms with Gasteiger partial charge in [-0.05, 0) is 38.9 Å². The lowest BCUT2D eigenvalue weighted by molar-refractivity contribution is -0.185. The van der Waals surface area contributed by atoms with Gasteiger partial charge in [0.2, 0.25) is 5.91 Å². The highest BCUT2D eigenvalue weighted by Crippen LogP contribution is 2.42. The summed E-state index contributed by atoms with van der Waals surface area (Å²) in [5, 5.41) is -0.0715. The molecule has 0 saturated carbocycles. The Morgan fingerprint density at radius 1 is 1.18 bits per heavy atom. The molecule has 0 N–H and O–H groups in total. The van der Waals surface area contributed by atoms with Gasteiger partial charge in [-0.1, -0.05) is 20.8 Å². The van der Waals surface area contributed by atoms with Crippen molar-refractivity contribution >= 4 is 32.1 Å². The van der Waals surface area contributed by atoms with E-state index in [1.54, 1.807) is 20.8 Å². The van der Waals surface area contributed by atoms with Crippen molar-refractivity contribution in [3.63, 3.8) is 0 Å². The van der Waals surface area contributed by atoms with Crippen LogP contribution in [0.2, 0.25) is 18.1 Å². The Morgan fingerprint density at radius 2 is 1.71 bits per heavy atom. The molecule has 4 atom stereocenters. The van der Waals surface area contributed by atoms with Crippen molar-refractivity contribution in [3.05, 3.63) is 0 Å². The molecule has 0 unspecified atom stereocenters. The van der Waals surface area contributed by atoms with E-state index >= 15 is 0 Å². The molecule has 0 aliphatic carbocycles. The van der Waals surface area contributed by atoms with Crippen LogP contribution in [0, 0.1) is 11.8 Å². The van der Waals surface area contributed by atoms with Crippen molar-refractivity contribution in [1.29, 1.82) is 0 Å². The zero-order valence-electron chi connectivity index (χ0n) is 18.3. The maximum atomic E-state index is 12.8. The molecule has 1 rings (SSSR count). The van der Waals surface area contributed by atoms with Crippen molar-refractivity contribution in [3.8, 4) is 0 Å². The van der Waals surface area contributed by atoms with Gasteiger partial charge in [0.05, 0.1) is 37.7 Å². The zero-order valence-corrected chi connectivity index (χ0v) is 19.3. The highest BCUT2D eigenvalue weighted by Gasteiger charge is 2.59. The molecule has 2 amide bonds. The predicted octanol–water partition coefficient (Wildman–Crippen LogP) is 2.12. The first-order valence-electron chi connectivity index (χ1n) is 9.51. The smallest absolute Gasteiger partial charge is 0.397 e. The second-order valence-corrected chi connectivity index (χ2v) is 13.4. The van der Waals surface area contributed by atoms with Gasteiger partial charge in [-0.3, -0.25) is 19.3 Å². The number of carbonyl (C=O) groups excluding carboxylic acids is 4. The number of carbonyl (C=O) groups is 4. The van der Waals surface area contributed by atoms with E-state index in [9.17, 15) is 19.2 Å². The van der Waals surface area contributed by atoms with Crippen LogP contribution >= 0.6 is 0 Å². The first-order chi connectivity index (χ1) is 12.7. The molecule has 0 aromatic carbocycles. The number of imide groups is 1. The average molecular weight is 416 g/mol. The van der Waals surface area contributed by atoms with E-state index in [1.807, 2.05) is 0 Å². The molecule has 0 bridgehead atoms. The lowest BCUT2D eigenvalue weighted by Crippen LogP contribution is -2.71. The van der Waals surface area contributed by atoms with Crippen molar-refractivity contribution in [2.24, 2.45) is 11.8 Å². The Hall–Kier alpha value is -1.74. The fourth-order valence-corrected chi connectivity index (χ4v) is 4.54. The van der Waals surface area contributed by atoms with Gasteiger partial charge in [0.15, 0.2) is 8.32 Å². The van der Waals surface area contributed by atoms with Gasteiger partial charge in [-0.15, -0.1) is 0 Å². The summed E-state index contributed by atoms with van der Waals surface area (Å²) in [7, 11) is -0.952. The third-order valence-electron chi connectivity index (χ3n) is 5.74. The molecule has 8 nitrogen and oxygen atoms in total. The number of hydrogen-bond acceptors (Lipinski definition) is 7. The summed E-state index contributed by atoms with van der Waals surface area (Å²) in [6, 6.07) is -0.823. The minimum absolute atomic E-state index is 0.0120. The van der Waals surface area contributed by atoms with Gasteiger partial charge in [0.25, 0.3) is 0 Å². The highest BCUT2D eigenvalue weighted by atomic mass is 28.4. The van der Waals surface area contributed by atoms with Gasteiger partial charge >= 0.3 is 17.8 Å². The number of β-lactam (4-membered cyclic amide) rings is 1. The molecular formula is C19H33NO7Si. The Balaban J connectivity index is 3.17. The van der Waals surface area contributed by atoms with E-state index in [4.69, 9.17) is 13.9 Å². The van der Waals surface area contributed by atoms with Crippen LogP contribution in [0.1, 0.15) is 41.5 Å². The number of esters is 2. The van der Waals surface area contributed by atoms with E-state index < -0.39 is 56.1 Å². The van der Waals surface area contributed by atoms with Crippen LogP contribution in [-0.4, -0.2) is 62.8 Å². The summed E-state index contributed by atoms with van der Waals surface area (Å²) in [5.74, 6) is -4.80. The van der Waals surface area contributed by atoms with Crippen LogP contribution in [0.4, 0.5) is 0 Å². The third kappa shape index (κ3) is 4.63. The molecule has 28 heavy (non-hydrogen) atoms. The molecule has 0 radical (unpaired) electrons. The van der Waals surface area contributed by atoms with Crippen molar-refractivity contribution in [2.45, 2.75) is 71.8 Å². The third-order valence-corrected chi connectivity index (χ3v) is 10.3. The highest BCUT2D eigenvalue weighted by molar-refractivity contribution is 6.74. The van der Waals surface area contributed by atoms with Gasteiger partial charge in [0, 0.05) is 0 Å². The minimum Gasteiger partial charge on any atom is -0.469 e. The fraction of sp³-hybridized carbons (Fsp3) is 0.789. The molecule has 1 aliphatic heterocycles. The summed E-state index contributed by atoms with van der Waals surface area (Å²) in [6.45, 7) is 15.3. The van der Waals surface area contributed by atoms with Crippen LogP contribution in [-0.2, 0) is 33.1 Å². The zero-order chi connectivity index (χ0) is 22.0. The maximum Gasteiger partial charge on any atom is 0.397 e. The Labute approximate surface area is 168 Å². The van der Waals surface area contributed by atoms with Crippen LogP contribution < -0.4 is 0 Å². The second-order valence-electron chi connectivity index (χ2n) is 8.65. The van der Waals surface area contributed by atoms with Gasteiger partial charge in [0.1, 0.15) is 0 Å². The quantitative estimate of drug-likeness (QED) is 0.283. The lowest BCUT2D eigenvalue weighted by atomic mass is 9.76. The van der Waals surface area contributed by atoms with Gasteiger partial charge < -0.3 is 13.9 Å². The van der Waals surface area contributed by atoms with Crippen LogP contribution in [0.25, 0.3) is 0 Å². The minimum atomic E-state index is -2.19. The summed E-state index contributed by atoms with van der Waals surface area (Å²) in [6.07, 6.45) is -0.517. The van der Waals surface area contributed by atoms with E-state index in [0.29, 0.717) is 0 Å². The number of ether oxygens (including phenoxy) is 2. The van der Waals surface area contributed by atoms with Gasteiger partial charge in [-0.25, -0.2) is 4.79 Å². The molecule has 1 aliphatic rings. The number of methoxy groups -OCH3 is 1. The Morgan fingerprint density at radius 3 is 2.14 bits per heavy atom. The topological polar surface area (TPSA) is 99.2 Å². The average Bonchev–Trinajstić information content (AvgIpc) is 2.56. The predicted molar refractivity (Wildman–Crippen MR) is 105 cm³/mol. The molecule has 1 heterocycles. The molecule has 1 fully saturated rings. The number of rotatable bonds is 6. The molecule has 0 aromatic heterocycles. The normalized spacial score (nSPS) is 22.2.